The molecule has 0 saturated carbocycles. The summed E-state index contributed by atoms with van der Waals surface area (Å²) in [5.41, 5.74) is 1.65. The van der Waals surface area contributed by atoms with Gasteiger partial charge in [0.2, 0.25) is 0 Å². The summed E-state index contributed by atoms with van der Waals surface area (Å²) in [4.78, 5) is 12.4. The number of rotatable bonds is 2. The molecule has 3 rings (SSSR count). The maximum Gasteiger partial charge on any atom is 0.278 e. The number of anilines is 1. The fourth-order valence-corrected chi connectivity index (χ4v) is 3.02. The Labute approximate surface area is 132 Å². The number of fused-ring (bicyclic) bond motifs is 1. The first-order chi connectivity index (χ1) is 10.2. The zero-order valence-electron chi connectivity index (χ0n) is 11.3. The van der Waals surface area contributed by atoms with Crippen LogP contribution >= 0.6 is 23.2 Å². The largest absolute Gasteiger partial charge is 0.360 e. The van der Waals surface area contributed by atoms with Crippen LogP contribution in [0.1, 0.15) is 41.1 Å². The molecule has 0 saturated heterocycles. The van der Waals surface area contributed by atoms with E-state index in [9.17, 15) is 4.79 Å². The summed E-state index contributed by atoms with van der Waals surface area (Å²) in [5, 5.41) is 7.44. The normalized spacial score (nSPS) is 14.4. The fraction of sp³-hybridized carbons (Fsp3) is 0.333. The van der Waals surface area contributed by atoms with Crippen LogP contribution in [0.5, 0.6) is 0 Å². The average Bonchev–Trinajstić information content (AvgIpc) is 2.72. The Morgan fingerprint density at radius 2 is 1.86 bits per heavy atom. The van der Waals surface area contributed by atoms with Crippen molar-refractivity contribution < 1.29 is 9.32 Å². The van der Waals surface area contributed by atoms with Crippen molar-refractivity contribution in [3.05, 3.63) is 45.3 Å². The van der Waals surface area contributed by atoms with Crippen LogP contribution in [0.3, 0.4) is 0 Å². The Hall–Kier alpha value is -1.52. The molecule has 0 atom stereocenters. The molecule has 0 unspecified atom stereocenters. The second-order valence-corrected chi connectivity index (χ2v) is 5.86. The van der Waals surface area contributed by atoms with Crippen LogP contribution in [-0.4, -0.2) is 11.1 Å². The van der Waals surface area contributed by atoms with Gasteiger partial charge in [-0.05, 0) is 31.4 Å². The van der Waals surface area contributed by atoms with Crippen LogP contribution in [0.25, 0.3) is 0 Å². The Morgan fingerprint density at radius 3 is 2.62 bits per heavy atom. The number of hydrogen-bond acceptors (Lipinski definition) is 3. The molecule has 0 spiro atoms. The van der Waals surface area contributed by atoms with Gasteiger partial charge in [-0.15, -0.1) is 0 Å². The Balaban J connectivity index is 1.88. The maximum absolute atomic E-state index is 12.4. The van der Waals surface area contributed by atoms with E-state index in [1.54, 1.807) is 18.2 Å². The molecule has 1 amide bonds. The van der Waals surface area contributed by atoms with E-state index in [2.05, 4.69) is 10.5 Å². The van der Waals surface area contributed by atoms with Crippen LogP contribution < -0.4 is 5.32 Å². The number of aryl methyl sites for hydroxylation is 1. The van der Waals surface area contributed by atoms with E-state index in [-0.39, 0.29) is 5.91 Å². The molecule has 4 nitrogen and oxygen atoms in total. The van der Waals surface area contributed by atoms with Gasteiger partial charge in [-0.25, -0.2) is 0 Å². The quantitative estimate of drug-likeness (QED) is 0.827. The van der Waals surface area contributed by atoms with Crippen molar-refractivity contribution in [2.45, 2.75) is 32.1 Å². The van der Waals surface area contributed by atoms with Crippen molar-refractivity contribution in [1.82, 2.24) is 5.16 Å². The van der Waals surface area contributed by atoms with Crippen LogP contribution in [-0.2, 0) is 12.8 Å². The van der Waals surface area contributed by atoms with Gasteiger partial charge in [0.05, 0.1) is 15.7 Å². The lowest BCUT2D eigenvalue weighted by atomic mass is 10.1. The molecule has 1 aromatic heterocycles. The average molecular weight is 325 g/mol. The summed E-state index contributed by atoms with van der Waals surface area (Å²) in [6.45, 7) is 0. The number of halogens is 2. The third-order valence-corrected chi connectivity index (χ3v) is 4.25. The molecule has 0 bridgehead atoms. The van der Waals surface area contributed by atoms with Crippen LogP contribution in [0.4, 0.5) is 5.69 Å². The predicted octanol–water partition coefficient (Wildman–Crippen LogP) is 4.50. The minimum atomic E-state index is -0.336. The highest BCUT2D eigenvalue weighted by Crippen LogP contribution is 2.31. The van der Waals surface area contributed by atoms with Crippen LogP contribution in [0.15, 0.2) is 22.7 Å². The van der Waals surface area contributed by atoms with E-state index in [0.29, 0.717) is 21.4 Å². The third-order valence-electron chi connectivity index (χ3n) is 3.62. The van der Waals surface area contributed by atoms with E-state index >= 15 is 0 Å². The molecular formula is C15H14Cl2N2O2. The standard InChI is InChI=1S/C15H14Cl2N2O2/c16-10-6-4-7-11(17)14(10)18-15(20)13-9-5-2-1-3-8-12(9)21-19-13/h4,6-7H,1-3,5,8H2,(H,18,20). The Bertz CT molecular complexity index is 662. The van der Waals surface area contributed by atoms with Gasteiger partial charge in [0.15, 0.2) is 5.69 Å². The van der Waals surface area contributed by atoms with Crippen molar-refractivity contribution in [3.8, 4) is 0 Å². The highest BCUT2D eigenvalue weighted by Gasteiger charge is 2.24. The van der Waals surface area contributed by atoms with Crippen LogP contribution in [0.2, 0.25) is 10.0 Å². The van der Waals surface area contributed by atoms with Crippen molar-refractivity contribution in [3.63, 3.8) is 0 Å². The first kappa shape index (κ1) is 14.4. The minimum Gasteiger partial charge on any atom is -0.360 e. The molecular weight excluding hydrogens is 311 g/mol. The summed E-state index contributed by atoms with van der Waals surface area (Å²) >= 11 is 12.1. The molecule has 1 aliphatic rings. The molecule has 110 valence electrons. The number of para-hydroxylation sites is 1. The molecule has 1 aliphatic carbocycles. The first-order valence-corrected chi connectivity index (χ1v) is 7.65. The Morgan fingerprint density at radius 1 is 1.14 bits per heavy atom. The number of carbonyl (C=O) groups is 1. The summed E-state index contributed by atoms with van der Waals surface area (Å²) in [6, 6.07) is 5.07. The SMILES string of the molecule is O=C(Nc1c(Cl)cccc1Cl)c1noc2c1CCCCC2. The molecule has 6 heteroatoms. The second kappa shape index (κ2) is 6.08. The number of nitrogens with one attached hydrogen (secondary N) is 1. The van der Waals surface area contributed by atoms with Gasteiger partial charge in [-0.1, -0.05) is 40.8 Å². The third kappa shape index (κ3) is 2.92. The van der Waals surface area contributed by atoms with Gasteiger partial charge < -0.3 is 9.84 Å². The lowest BCUT2D eigenvalue weighted by Gasteiger charge is -2.08. The van der Waals surface area contributed by atoms with Crippen LogP contribution in [0, 0.1) is 0 Å². The zero-order chi connectivity index (χ0) is 14.8. The van der Waals surface area contributed by atoms with Gasteiger partial charge in [0, 0.05) is 12.0 Å². The molecule has 21 heavy (non-hydrogen) atoms. The molecule has 1 heterocycles. The summed E-state index contributed by atoms with van der Waals surface area (Å²) in [5.74, 6) is 0.486. The predicted molar refractivity (Wildman–Crippen MR) is 82.2 cm³/mol. The number of aromatic nitrogens is 1. The van der Waals surface area contributed by atoms with Crippen molar-refractivity contribution in [2.24, 2.45) is 0 Å². The van der Waals surface area contributed by atoms with Gasteiger partial charge in [0.1, 0.15) is 5.76 Å². The number of nitrogens with zero attached hydrogens (tertiary/aromatic N) is 1. The molecule has 0 fully saturated rings. The zero-order valence-corrected chi connectivity index (χ0v) is 12.8. The molecule has 1 N–H and O–H groups in total. The topological polar surface area (TPSA) is 55.1 Å². The lowest BCUT2D eigenvalue weighted by Crippen LogP contribution is -2.15. The minimum absolute atomic E-state index is 0.336. The van der Waals surface area contributed by atoms with Gasteiger partial charge in [0.25, 0.3) is 5.91 Å². The van der Waals surface area contributed by atoms with Crippen molar-refractivity contribution in [1.29, 1.82) is 0 Å². The first-order valence-electron chi connectivity index (χ1n) is 6.89. The second-order valence-electron chi connectivity index (χ2n) is 5.04. The monoisotopic (exact) mass is 324 g/mol. The molecule has 2 aromatic rings. The van der Waals surface area contributed by atoms with Crippen molar-refractivity contribution >= 4 is 34.8 Å². The smallest absolute Gasteiger partial charge is 0.278 e. The van der Waals surface area contributed by atoms with Gasteiger partial charge in [-0.2, -0.15) is 0 Å². The highest BCUT2D eigenvalue weighted by atomic mass is 35.5. The molecule has 0 radical (unpaired) electrons. The Kier molecular flexibility index (Phi) is 4.17. The number of amides is 1. The van der Waals surface area contributed by atoms with E-state index in [0.717, 1.165) is 43.4 Å². The molecule has 0 aliphatic heterocycles. The maximum atomic E-state index is 12.4. The van der Waals surface area contributed by atoms with Gasteiger partial charge in [-0.3, -0.25) is 4.79 Å². The summed E-state index contributed by atoms with van der Waals surface area (Å²) in [6.07, 6.45) is 4.91. The highest BCUT2D eigenvalue weighted by molar-refractivity contribution is 6.40. The fourth-order valence-electron chi connectivity index (χ4n) is 2.53. The summed E-state index contributed by atoms with van der Waals surface area (Å²) in [7, 11) is 0. The number of benzene rings is 1. The molecule has 1 aromatic carbocycles. The van der Waals surface area contributed by atoms with Gasteiger partial charge >= 0.3 is 0 Å². The number of hydrogen-bond donors (Lipinski definition) is 1. The number of carbonyl (C=O) groups excluding carboxylic acids is 1. The van der Waals surface area contributed by atoms with E-state index in [4.69, 9.17) is 27.7 Å². The van der Waals surface area contributed by atoms with E-state index in [1.807, 2.05) is 0 Å². The van der Waals surface area contributed by atoms with E-state index < -0.39 is 0 Å². The summed E-state index contributed by atoms with van der Waals surface area (Å²) < 4.78 is 5.31. The van der Waals surface area contributed by atoms with E-state index in [1.165, 1.54) is 0 Å². The van der Waals surface area contributed by atoms with Crippen molar-refractivity contribution in [2.75, 3.05) is 5.32 Å². The lowest BCUT2D eigenvalue weighted by molar-refractivity contribution is 0.101.